The standard InChI is InChI=1S/C21H27F2NO/c1-2-3-4-5-17-6-8-18(9-7-17)14-21(22,23)25-16-20-12-10-19(15-24)11-13-20/h2-3,10-13,17-18H,4-9,14,16H2,1H3/b3-2+. The van der Waals surface area contributed by atoms with Crippen molar-refractivity contribution in [3.05, 3.63) is 47.5 Å². The smallest absolute Gasteiger partial charge is 0.316 e. The number of nitrogens with zero attached hydrogens (tertiary/aromatic N) is 1. The molecular weight excluding hydrogens is 320 g/mol. The first-order chi connectivity index (χ1) is 12.0. The minimum atomic E-state index is -3.09. The van der Waals surface area contributed by atoms with Gasteiger partial charge in [-0.15, -0.1) is 0 Å². The molecule has 1 aromatic rings. The predicted octanol–water partition coefficient (Wildman–Crippen LogP) is 6.22. The number of ether oxygens (including phenoxy) is 1. The highest BCUT2D eigenvalue weighted by Crippen LogP contribution is 2.38. The minimum absolute atomic E-state index is 0.0499. The van der Waals surface area contributed by atoms with Gasteiger partial charge in [-0.25, -0.2) is 0 Å². The Balaban J connectivity index is 1.72. The zero-order valence-electron chi connectivity index (χ0n) is 14.9. The molecule has 0 unspecified atom stereocenters. The zero-order valence-corrected chi connectivity index (χ0v) is 14.9. The van der Waals surface area contributed by atoms with Crippen molar-refractivity contribution in [1.82, 2.24) is 0 Å². The van der Waals surface area contributed by atoms with Gasteiger partial charge >= 0.3 is 6.11 Å². The third-order valence-electron chi connectivity index (χ3n) is 5.00. The second-order valence-electron chi connectivity index (χ2n) is 6.97. The highest BCUT2D eigenvalue weighted by atomic mass is 19.3. The summed E-state index contributed by atoms with van der Waals surface area (Å²) in [5.41, 5.74) is 1.17. The van der Waals surface area contributed by atoms with Crippen molar-refractivity contribution in [1.29, 1.82) is 5.26 Å². The first kappa shape index (κ1) is 19.6. The van der Waals surface area contributed by atoms with Crippen molar-refractivity contribution in [2.45, 2.75) is 64.6 Å². The summed E-state index contributed by atoms with van der Waals surface area (Å²) in [5, 5.41) is 8.74. The van der Waals surface area contributed by atoms with Gasteiger partial charge in [0.25, 0.3) is 0 Å². The molecule has 4 heteroatoms. The molecule has 136 valence electrons. The summed E-state index contributed by atoms with van der Waals surface area (Å²) in [6.45, 7) is 1.90. The van der Waals surface area contributed by atoms with E-state index in [4.69, 9.17) is 10.00 Å². The molecule has 0 spiro atoms. The van der Waals surface area contributed by atoms with Crippen LogP contribution in [0.25, 0.3) is 0 Å². The van der Waals surface area contributed by atoms with Crippen LogP contribution < -0.4 is 0 Å². The molecule has 0 atom stereocenters. The summed E-state index contributed by atoms with van der Waals surface area (Å²) in [4.78, 5) is 0. The van der Waals surface area contributed by atoms with Crippen LogP contribution in [0.1, 0.15) is 63.0 Å². The number of hydrogen-bond acceptors (Lipinski definition) is 2. The Labute approximate surface area is 149 Å². The van der Waals surface area contributed by atoms with Crippen LogP contribution in [0.4, 0.5) is 8.78 Å². The van der Waals surface area contributed by atoms with E-state index in [-0.39, 0.29) is 18.9 Å². The molecule has 0 radical (unpaired) electrons. The maximum Gasteiger partial charge on any atom is 0.356 e. The van der Waals surface area contributed by atoms with E-state index in [0.29, 0.717) is 17.0 Å². The lowest BCUT2D eigenvalue weighted by Gasteiger charge is -2.30. The summed E-state index contributed by atoms with van der Waals surface area (Å²) >= 11 is 0. The second kappa shape index (κ2) is 9.68. The Morgan fingerprint density at radius 2 is 1.80 bits per heavy atom. The lowest BCUT2D eigenvalue weighted by Crippen LogP contribution is -2.27. The number of allylic oxidation sites excluding steroid dienone is 2. The van der Waals surface area contributed by atoms with E-state index in [1.165, 1.54) is 6.42 Å². The molecule has 0 aromatic heterocycles. The zero-order chi connectivity index (χ0) is 18.1. The molecule has 0 bridgehead atoms. The minimum Gasteiger partial charge on any atom is -0.316 e. The lowest BCUT2D eigenvalue weighted by molar-refractivity contribution is -0.256. The molecule has 1 fully saturated rings. The van der Waals surface area contributed by atoms with Crippen molar-refractivity contribution in [3.63, 3.8) is 0 Å². The first-order valence-corrected chi connectivity index (χ1v) is 9.14. The van der Waals surface area contributed by atoms with E-state index in [2.05, 4.69) is 12.2 Å². The van der Waals surface area contributed by atoms with Crippen LogP contribution in [0.3, 0.4) is 0 Å². The first-order valence-electron chi connectivity index (χ1n) is 9.14. The van der Waals surface area contributed by atoms with E-state index in [1.54, 1.807) is 24.3 Å². The van der Waals surface area contributed by atoms with Gasteiger partial charge in [0.1, 0.15) is 0 Å². The quantitative estimate of drug-likeness (QED) is 0.523. The van der Waals surface area contributed by atoms with Gasteiger partial charge in [0.15, 0.2) is 0 Å². The van der Waals surface area contributed by atoms with E-state index >= 15 is 0 Å². The number of alkyl halides is 2. The molecule has 1 aliphatic rings. The molecule has 25 heavy (non-hydrogen) atoms. The van der Waals surface area contributed by atoms with E-state index < -0.39 is 6.11 Å². The Bertz CT molecular complexity index is 581. The third-order valence-corrected chi connectivity index (χ3v) is 5.00. The highest BCUT2D eigenvalue weighted by molar-refractivity contribution is 5.31. The van der Waals surface area contributed by atoms with Gasteiger partial charge in [0.05, 0.1) is 18.2 Å². The molecule has 0 amide bonds. The largest absolute Gasteiger partial charge is 0.356 e. The number of nitriles is 1. The Morgan fingerprint density at radius 3 is 2.40 bits per heavy atom. The Kier molecular flexibility index (Phi) is 7.58. The molecule has 0 heterocycles. The summed E-state index contributed by atoms with van der Waals surface area (Å²) in [5.74, 6) is 0.731. The maximum absolute atomic E-state index is 14.1. The van der Waals surface area contributed by atoms with Crippen molar-refractivity contribution in [2.24, 2.45) is 11.8 Å². The Hall–Kier alpha value is -1.73. The van der Waals surface area contributed by atoms with Gasteiger partial charge in [0.2, 0.25) is 0 Å². The van der Waals surface area contributed by atoms with Gasteiger partial charge in [-0.1, -0.05) is 37.1 Å². The van der Waals surface area contributed by atoms with Crippen molar-refractivity contribution >= 4 is 0 Å². The van der Waals surface area contributed by atoms with E-state index in [0.717, 1.165) is 32.1 Å². The average Bonchev–Trinajstić information content (AvgIpc) is 2.62. The molecule has 2 nitrogen and oxygen atoms in total. The molecule has 0 saturated heterocycles. The SMILES string of the molecule is C/C=C/CCC1CCC(CC(F)(F)OCc2ccc(C#N)cc2)CC1. The lowest BCUT2D eigenvalue weighted by atomic mass is 9.78. The van der Waals surface area contributed by atoms with E-state index in [1.807, 2.05) is 13.0 Å². The topological polar surface area (TPSA) is 33.0 Å². The van der Waals surface area contributed by atoms with Gasteiger partial charge in [0, 0.05) is 6.42 Å². The molecular formula is C21H27F2NO. The maximum atomic E-state index is 14.1. The monoisotopic (exact) mass is 347 g/mol. The fraction of sp³-hybridized carbons (Fsp3) is 0.571. The van der Waals surface area contributed by atoms with Gasteiger partial charge in [-0.3, -0.25) is 0 Å². The second-order valence-corrected chi connectivity index (χ2v) is 6.97. The summed E-state index contributed by atoms with van der Waals surface area (Å²) in [6.07, 6.45) is 7.07. The molecule has 2 rings (SSSR count). The Morgan fingerprint density at radius 1 is 1.16 bits per heavy atom. The van der Waals surface area contributed by atoms with Gasteiger partial charge < -0.3 is 4.74 Å². The van der Waals surface area contributed by atoms with E-state index in [9.17, 15) is 8.78 Å². The van der Waals surface area contributed by atoms with Crippen molar-refractivity contribution in [2.75, 3.05) is 0 Å². The van der Waals surface area contributed by atoms with Crippen LogP contribution in [-0.2, 0) is 11.3 Å². The molecule has 0 aliphatic heterocycles. The van der Waals surface area contributed by atoms with Crippen molar-refractivity contribution < 1.29 is 13.5 Å². The number of rotatable bonds is 8. The summed E-state index contributed by atoms with van der Waals surface area (Å²) in [6, 6.07) is 8.56. The average molecular weight is 347 g/mol. The van der Waals surface area contributed by atoms with Crippen LogP contribution >= 0.6 is 0 Å². The fourth-order valence-electron chi connectivity index (χ4n) is 3.48. The normalized spacial score (nSPS) is 21.4. The third kappa shape index (κ3) is 6.96. The molecule has 1 saturated carbocycles. The number of halogens is 2. The molecule has 1 aliphatic carbocycles. The summed E-state index contributed by atoms with van der Waals surface area (Å²) in [7, 11) is 0. The summed E-state index contributed by atoms with van der Waals surface area (Å²) < 4.78 is 33.1. The van der Waals surface area contributed by atoms with Crippen molar-refractivity contribution in [3.8, 4) is 6.07 Å². The highest BCUT2D eigenvalue weighted by Gasteiger charge is 2.35. The van der Waals surface area contributed by atoms with Gasteiger partial charge in [-0.2, -0.15) is 14.0 Å². The van der Waals surface area contributed by atoms with Crippen LogP contribution in [0.2, 0.25) is 0 Å². The molecule has 0 N–H and O–H groups in total. The number of hydrogen-bond donors (Lipinski definition) is 0. The van der Waals surface area contributed by atoms with Crippen LogP contribution in [0.15, 0.2) is 36.4 Å². The van der Waals surface area contributed by atoms with Crippen LogP contribution in [0.5, 0.6) is 0 Å². The number of benzene rings is 1. The fourth-order valence-corrected chi connectivity index (χ4v) is 3.48. The van der Waals surface area contributed by atoms with Crippen LogP contribution in [-0.4, -0.2) is 6.11 Å². The van der Waals surface area contributed by atoms with Gasteiger partial charge in [-0.05, 0) is 62.1 Å². The predicted molar refractivity (Wildman–Crippen MR) is 95.0 cm³/mol. The van der Waals surface area contributed by atoms with Crippen LogP contribution in [0, 0.1) is 23.2 Å². The molecule has 1 aromatic carbocycles.